The fraction of sp³-hybridized carbons (Fsp3) is 0.700. The minimum atomic E-state index is -3.63. The Kier molecular flexibility index (Phi) is 3.71. The molecular weight excluding hydrogens is 256 g/mol. The Morgan fingerprint density at radius 3 is 2.89 bits per heavy atom. The highest BCUT2D eigenvalue weighted by Crippen LogP contribution is 2.18. The summed E-state index contributed by atoms with van der Waals surface area (Å²) in [6.07, 6.45) is 0.906. The van der Waals surface area contributed by atoms with Crippen molar-refractivity contribution in [2.45, 2.75) is 31.6 Å². The van der Waals surface area contributed by atoms with E-state index < -0.39 is 16.2 Å². The highest BCUT2D eigenvalue weighted by atomic mass is 32.2. The van der Waals surface area contributed by atoms with Crippen molar-refractivity contribution >= 4 is 10.0 Å². The van der Waals surface area contributed by atoms with E-state index in [9.17, 15) is 8.42 Å². The smallest absolute Gasteiger partial charge is 0.263 e. The molecule has 1 fully saturated rings. The molecule has 1 aromatic rings. The molecule has 0 aliphatic carbocycles. The number of sulfonamides is 1. The predicted molar refractivity (Wildman–Crippen MR) is 65.3 cm³/mol. The molecule has 1 aromatic heterocycles. The largest absolute Gasteiger partial charge is 0.377 e. The van der Waals surface area contributed by atoms with E-state index in [1.54, 1.807) is 17.7 Å². The van der Waals surface area contributed by atoms with Gasteiger partial charge in [-0.1, -0.05) is 0 Å². The van der Waals surface area contributed by atoms with Gasteiger partial charge in [0.15, 0.2) is 5.03 Å². The molecule has 102 valence electrons. The second-order valence-corrected chi connectivity index (χ2v) is 6.01. The summed E-state index contributed by atoms with van der Waals surface area (Å²) >= 11 is 0. The van der Waals surface area contributed by atoms with E-state index in [1.165, 1.54) is 4.31 Å². The Bertz CT molecular complexity index is 525. The van der Waals surface area contributed by atoms with E-state index in [2.05, 4.69) is 4.98 Å². The zero-order valence-electron chi connectivity index (χ0n) is 10.5. The fourth-order valence-electron chi connectivity index (χ4n) is 1.95. The van der Waals surface area contributed by atoms with Gasteiger partial charge < -0.3 is 15.0 Å². The molecule has 1 atom stereocenters. The summed E-state index contributed by atoms with van der Waals surface area (Å²) in [5.41, 5.74) is 5.77. The molecule has 0 amide bonds. The van der Waals surface area contributed by atoms with Crippen molar-refractivity contribution in [2.24, 2.45) is 5.73 Å². The molecule has 8 heteroatoms. The highest BCUT2D eigenvalue weighted by molar-refractivity contribution is 7.89. The average Bonchev–Trinajstić information content (AvgIpc) is 2.71. The number of rotatable bonds is 3. The average molecular weight is 274 g/mol. The molecule has 2 N–H and O–H groups in total. The van der Waals surface area contributed by atoms with Crippen molar-refractivity contribution in [1.82, 2.24) is 13.9 Å². The molecule has 7 nitrogen and oxygen atoms in total. The molecule has 0 saturated carbocycles. The summed E-state index contributed by atoms with van der Waals surface area (Å²) in [7, 11) is -3.63. The molecule has 0 bridgehead atoms. The van der Waals surface area contributed by atoms with Crippen LogP contribution in [-0.4, -0.2) is 48.2 Å². The third kappa shape index (κ3) is 2.28. The lowest BCUT2D eigenvalue weighted by Crippen LogP contribution is -2.53. The van der Waals surface area contributed by atoms with Gasteiger partial charge in [0.2, 0.25) is 0 Å². The molecule has 2 heterocycles. The number of imidazole rings is 1. The van der Waals surface area contributed by atoms with Gasteiger partial charge in [0, 0.05) is 19.3 Å². The first kappa shape index (κ1) is 13.5. The summed E-state index contributed by atoms with van der Waals surface area (Å²) in [4.78, 5) is 4.10. The first-order valence-electron chi connectivity index (χ1n) is 5.85. The zero-order valence-corrected chi connectivity index (χ0v) is 11.4. The molecule has 0 radical (unpaired) electrons. The Morgan fingerprint density at radius 2 is 2.33 bits per heavy atom. The fourth-order valence-corrected chi connectivity index (χ4v) is 3.43. The number of nitrogens with zero attached hydrogens (tertiary/aromatic N) is 3. The molecule has 2 rings (SSSR count). The maximum Gasteiger partial charge on any atom is 0.263 e. The van der Waals surface area contributed by atoms with Crippen molar-refractivity contribution in [1.29, 1.82) is 0 Å². The van der Waals surface area contributed by atoms with Crippen LogP contribution in [0.3, 0.4) is 0 Å². The molecule has 1 aliphatic rings. The van der Waals surface area contributed by atoms with E-state index in [-0.39, 0.29) is 18.2 Å². The topological polar surface area (TPSA) is 90.5 Å². The van der Waals surface area contributed by atoms with Crippen molar-refractivity contribution in [2.75, 3.05) is 19.8 Å². The molecule has 18 heavy (non-hydrogen) atoms. The minimum Gasteiger partial charge on any atom is -0.377 e. The van der Waals surface area contributed by atoms with E-state index in [4.69, 9.17) is 10.5 Å². The van der Waals surface area contributed by atoms with Gasteiger partial charge in [-0.25, -0.2) is 13.4 Å². The third-order valence-electron chi connectivity index (χ3n) is 2.98. The molecular formula is C10H18N4O3S. The zero-order chi connectivity index (χ0) is 13.3. The van der Waals surface area contributed by atoms with Crippen LogP contribution in [0.4, 0.5) is 0 Å². The maximum absolute atomic E-state index is 12.4. The lowest BCUT2D eigenvalue weighted by Gasteiger charge is -2.31. The number of nitrogens with two attached hydrogens (primary N) is 1. The summed E-state index contributed by atoms with van der Waals surface area (Å²) in [5, 5.41) is 0.0548. The highest BCUT2D eigenvalue weighted by Gasteiger charge is 2.33. The normalized spacial score (nSPS) is 22.3. The van der Waals surface area contributed by atoms with Gasteiger partial charge in [0.05, 0.1) is 19.4 Å². The van der Waals surface area contributed by atoms with Crippen LogP contribution in [0.5, 0.6) is 0 Å². The molecule has 1 saturated heterocycles. The number of ether oxygens (including phenoxy) is 1. The van der Waals surface area contributed by atoms with Crippen LogP contribution in [0.2, 0.25) is 0 Å². The van der Waals surface area contributed by atoms with Crippen LogP contribution in [0, 0.1) is 6.92 Å². The third-order valence-corrected chi connectivity index (χ3v) is 4.78. The first-order chi connectivity index (χ1) is 8.46. The van der Waals surface area contributed by atoms with Crippen molar-refractivity contribution in [3.63, 3.8) is 0 Å². The van der Waals surface area contributed by atoms with Crippen LogP contribution >= 0.6 is 0 Å². The standard InChI is InChI=1S/C10H18N4O3S/c1-3-13-6-10(12-8(13)2)18(15,16)14-4-5-17-7-9(14)11/h6,9H,3-5,7,11H2,1-2H3. The van der Waals surface area contributed by atoms with Crippen molar-refractivity contribution < 1.29 is 13.2 Å². The number of hydrogen-bond acceptors (Lipinski definition) is 5. The minimum absolute atomic E-state index is 0.0548. The summed E-state index contributed by atoms with van der Waals surface area (Å²) in [5.74, 6) is 0.679. The quantitative estimate of drug-likeness (QED) is 0.803. The number of aromatic nitrogens is 2. The number of hydrogen-bond donors (Lipinski definition) is 1. The van der Waals surface area contributed by atoms with E-state index in [1.807, 2.05) is 6.92 Å². The van der Waals surface area contributed by atoms with Gasteiger partial charge >= 0.3 is 0 Å². The molecule has 1 unspecified atom stereocenters. The van der Waals surface area contributed by atoms with E-state index in [0.29, 0.717) is 19.0 Å². The van der Waals surface area contributed by atoms with Crippen LogP contribution < -0.4 is 5.73 Å². The lowest BCUT2D eigenvalue weighted by molar-refractivity contribution is 0.0349. The first-order valence-corrected chi connectivity index (χ1v) is 7.29. The van der Waals surface area contributed by atoms with Gasteiger partial charge in [0.1, 0.15) is 5.82 Å². The Morgan fingerprint density at radius 1 is 1.61 bits per heavy atom. The van der Waals surface area contributed by atoms with Gasteiger partial charge in [-0.2, -0.15) is 4.31 Å². The number of aryl methyl sites for hydroxylation is 2. The Labute approximate surface area is 107 Å². The molecule has 0 spiro atoms. The van der Waals surface area contributed by atoms with Crippen LogP contribution in [0.25, 0.3) is 0 Å². The molecule has 1 aliphatic heterocycles. The van der Waals surface area contributed by atoms with Gasteiger partial charge in [0.25, 0.3) is 10.0 Å². The van der Waals surface area contributed by atoms with Crippen LogP contribution in [-0.2, 0) is 21.3 Å². The van der Waals surface area contributed by atoms with E-state index >= 15 is 0 Å². The number of morpholine rings is 1. The molecule has 0 aromatic carbocycles. The van der Waals surface area contributed by atoms with Crippen LogP contribution in [0.15, 0.2) is 11.2 Å². The Balaban J connectivity index is 2.34. The second-order valence-electron chi connectivity index (χ2n) is 4.17. The lowest BCUT2D eigenvalue weighted by atomic mass is 10.4. The summed E-state index contributed by atoms with van der Waals surface area (Å²) in [6.45, 7) is 5.24. The predicted octanol–water partition coefficient (Wildman–Crippen LogP) is -0.483. The second kappa shape index (κ2) is 4.96. The maximum atomic E-state index is 12.4. The van der Waals surface area contributed by atoms with Crippen molar-refractivity contribution in [3.8, 4) is 0 Å². The summed E-state index contributed by atoms with van der Waals surface area (Å²) in [6, 6.07) is 0. The Hall–Kier alpha value is -0.960. The summed E-state index contributed by atoms with van der Waals surface area (Å²) < 4.78 is 33.0. The van der Waals surface area contributed by atoms with Gasteiger partial charge in [-0.15, -0.1) is 0 Å². The van der Waals surface area contributed by atoms with Gasteiger partial charge in [-0.3, -0.25) is 0 Å². The SMILES string of the molecule is CCn1cc(S(=O)(=O)N2CCOCC2N)nc1C. The monoisotopic (exact) mass is 274 g/mol. The van der Waals surface area contributed by atoms with Gasteiger partial charge in [-0.05, 0) is 13.8 Å². The van der Waals surface area contributed by atoms with Crippen molar-refractivity contribution in [3.05, 3.63) is 12.0 Å². The van der Waals surface area contributed by atoms with E-state index in [0.717, 1.165) is 0 Å². The van der Waals surface area contributed by atoms with Crippen LogP contribution in [0.1, 0.15) is 12.7 Å².